The Hall–Kier alpha value is -0.333. The van der Waals surface area contributed by atoms with Crippen molar-refractivity contribution in [2.75, 3.05) is 6.61 Å². The zero-order valence-corrected chi connectivity index (χ0v) is 5.94. The van der Waals surface area contributed by atoms with Gasteiger partial charge in [-0.25, -0.2) is 0 Å². The van der Waals surface area contributed by atoms with Crippen LogP contribution in [0, 0.1) is 0 Å². The molecule has 0 N–H and O–H groups in total. The summed E-state index contributed by atoms with van der Waals surface area (Å²) in [5, 5.41) is 2.93. The molecule has 1 saturated heterocycles. The van der Waals surface area contributed by atoms with Crippen molar-refractivity contribution < 1.29 is 4.43 Å². The van der Waals surface area contributed by atoms with E-state index < -0.39 is 8.65 Å². The lowest BCUT2D eigenvalue weighted by Gasteiger charge is -2.12. The summed E-state index contributed by atoms with van der Waals surface area (Å²) >= 11 is 0. The smallest absolute Gasteiger partial charge is 0.286 e. The Balaban J connectivity index is 2.45. The zero-order valence-electron chi connectivity index (χ0n) is 4.94. The second kappa shape index (κ2) is 2.85. The average molecular weight is 126 g/mol. The maximum absolute atomic E-state index is 5.36. The highest BCUT2D eigenvalue weighted by molar-refractivity contribution is 6.58. The number of rotatable bonds is 0. The largest absolute Gasteiger partial charge is 0.545 e. The fraction of sp³-hybridized carbons (Fsp3) is 0.667. The first-order valence-corrected chi connectivity index (χ1v) is 4.57. The minimum atomic E-state index is -0.649. The van der Waals surface area contributed by atoms with Crippen molar-refractivity contribution in [3.8, 4) is 0 Å². The van der Waals surface area contributed by atoms with Gasteiger partial charge in [-0.3, -0.25) is 0 Å². The second-order valence-corrected chi connectivity index (χ2v) is 3.89. The summed E-state index contributed by atoms with van der Waals surface area (Å²) in [6.07, 6.45) is 2.55. The monoisotopic (exact) mass is 126 g/mol. The summed E-state index contributed by atoms with van der Waals surface area (Å²) in [5.74, 6) is 0. The van der Waals surface area contributed by atoms with Crippen LogP contribution in [-0.2, 0) is 4.43 Å². The number of hydrogen-bond acceptors (Lipinski definition) is 1. The van der Waals surface area contributed by atoms with Crippen molar-refractivity contribution in [1.29, 1.82) is 0 Å². The highest BCUT2D eigenvalue weighted by Crippen LogP contribution is 2.04. The van der Waals surface area contributed by atoms with Crippen molar-refractivity contribution >= 4 is 14.0 Å². The molecule has 1 aliphatic heterocycles. The Morgan fingerprint density at radius 3 is 2.75 bits per heavy atom. The van der Waals surface area contributed by atoms with Crippen molar-refractivity contribution in [3.63, 3.8) is 0 Å². The number of hydrogen-bond donors (Lipinski definition) is 0. The molecule has 0 unspecified atom stereocenters. The minimum absolute atomic E-state index is 0.649. The summed E-state index contributed by atoms with van der Waals surface area (Å²) in [7, 11) is -0.649. The molecule has 0 spiro atoms. The molecule has 0 aliphatic carbocycles. The van der Waals surface area contributed by atoms with Crippen molar-refractivity contribution in [2.45, 2.75) is 18.9 Å². The third-order valence-electron chi connectivity index (χ3n) is 1.27. The Labute approximate surface area is 51.3 Å². The van der Waals surface area contributed by atoms with Crippen LogP contribution in [0.4, 0.5) is 0 Å². The van der Waals surface area contributed by atoms with Crippen molar-refractivity contribution in [2.24, 2.45) is 0 Å². The fourth-order valence-corrected chi connectivity index (χ4v) is 2.18. The molecule has 0 bridgehead atoms. The molecule has 44 valence electrons. The highest BCUT2D eigenvalue weighted by Gasteiger charge is 2.05. The maximum Gasteiger partial charge on any atom is 0.286 e. The molecule has 2 heteroatoms. The van der Waals surface area contributed by atoms with Crippen LogP contribution in [0.15, 0.2) is 6.58 Å². The fourth-order valence-electron chi connectivity index (χ4n) is 0.795. The van der Waals surface area contributed by atoms with Gasteiger partial charge in [-0.05, 0) is 18.9 Å². The van der Waals surface area contributed by atoms with Gasteiger partial charge >= 0.3 is 0 Å². The van der Waals surface area contributed by atoms with Gasteiger partial charge in [-0.1, -0.05) is 6.58 Å². The molecular weight excluding hydrogens is 116 g/mol. The first-order valence-electron chi connectivity index (χ1n) is 2.95. The first-order chi connectivity index (χ1) is 3.93. The Bertz CT molecular complexity index is 116. The van der Waals surface area contributed by atoms with E-state index in [4.69, 9.17) is 4.43 Å². The minimum Gasteiger partial charge on any atom is -0.545 e. The molecule has 8 heavy (non-hydrogen) atoms. The van der Waals surface area contributed by atoms with Crippen LogP contribution in [0.1, 0.15) is 12.8 Å². The molecule has 0 aromatic heterocycles. The molecule has 1 aliphatic rings. The van der Waals surface area contributed by atoms with Crippen LogP contribution in [0.2, 0.25) is 6.04 Å². The summed E-state index contributed by atoms with van der Waals surface area (Å²) in [5.41, 5.74) is 0. The van der Waals surface area contributed by atoms with E-state index in [9.17, 15) is 0 Å². The molecule has 0 atom stereocenters. The zero-order chi connectivity index (χ0) is 5.82. The molecule has 1 fully saturated rings. The van der Waals surface area contributed by atoms with E-state index in [0.717, 1.165) is 6.61 Å². The Morgan fingerprint density at radius 1 is 1.50 bits per heavy atom. The lowest BCUT2D eigenvalue weighted by atomic mass is 10.4. The van der Waals surface area contributed by atoms with Gasteiger partial charge < -0.3 is 4.43 Å². The third kappa shape index (κ3) is 1.32. The molecule has 1 nitrogen and oxygen atoms in total. The maximum atomic E-state index is 5.36. The second-order valence-electron chi connectivity index (χ2n) is 1.91. The average Bonchev–Trinajstić information content (AvgIpc) is 1.90. The van der Waals surface area contributed by atoms with Crippen LogP contribution in [0.3, 0.4) is 0 Å². The van der Waals surface area contributed by atoms with E-state index in [1.165, 1.54) is 18.9 Å². The predicted molar refractivity (Wildman–Crippen MR) is 36.4 cm³/mol. The van der Waals surface area contributed by atoms with E-state index >= 15 is 0 Å². The van der Waals surface area contributed by atoms with Crippen LogP contribution in [0.25, 0.3) is 0 Å². The Morgan fingerprint density at radius 2 is 2.38 bits per heavy atom. The van der Waals surface area contributed by atoms with E-state index in [0.29, 0.717) is 0 Å². The summed E-state index contributed by atoms with van der Waals surface area (Å²) < 4.78 is 5.36. The molecule has 0 aromatic rings. The third-order valence-corrected chi connectivity index (χ3v) is 3.03. The van der Waals surface area contributed by atoms with Gasteiger partial charge in [0.25, 0.3) is 8.65 Å². The highest BCUT2D eigenvalue weighted by atomic mass is 28.3. The van der Waals surface area contributed by atoms with Gasteiger partial charge in [0.2, 0.25) is 0 Å². The quantitative estimate of drug-likeness (QED) is 0.439. The summed E-state index contributed by atoms with van der Waals surface area (Å²) in [6, 6.07) is 1.22. The first kappa shape index (κ1) is 5.80. The molecular formula is C6H10OSi. The molecule has 0 aromatic carbocycles. The van der Waals surface area contributed by atoms with Gasteiger partial charge in [-0.2, -0.15) is 0 Å². The predicted octanol–water partition coefficient (Wildman–Crippen LogP) is 0.957. The summed E-state index contributed by atoms with van der Waals surface area (Å²) in [4.78, 5) is 0. The lowest BCUT2D eigenvalue weighted by Crippen LogP contribution is -2.14. The Kier molecular flexibility index (Phi) is 2.07. The molecule has 0 amide bonds. The molecule has 0 radical (unpaired) electrons. The van der Waals surface area contributed by atoms with E-state index in [1.807, 2.05) is 0 Å². The van der Waals surface area contributed by atoms with Gasteiger partial charge in [-0.15, -0.1) is 5.33 Å². The van der Waals surface area contributed by atoms with E-state index in [-0.39, 0.29) is 0 Å². The van der Waals surface area contributed by atoms with Crippen LogP contribution >= 0.6 is 0 Å². The van der Waals surface area contributed by atoms with Crippen LogP contribution in [0.5, 0.6) is 0 Å². The van der Waals surface area contributed by atoms with Crippen molar-refractivity contribution in [3.05, 3.63) is 6.58 Å². The normalized spacial score (nSPS) is 19.2. The lowest BCUT2D eigenvalue weighted by molar-refractivity contribution is 0.301. The van der Waals surface area contributed by atoms with Gasteiger partial charge in [0.1, 0.15) is 0 Å². The molecule has 1 heterocycles. The molecule has 1 rings (SSSR count). The molecule has 0 saturated carbocycles. The summed E-state index contributed by atoms with van der Waals surface area (Å²) in [6.45, 7) is 4.52. The van der Waals surface area contributed by atoms with E-state index in [2.05, 4.69) is 11.9 Å². The van der Waals surface area contributed by atoms with Crippen LogP contribution < -0.4 is 0 Å². The topological polar surface area (TPSA) is 9.23 Å². The van der Waals surface area contributed by atoms with Gasteiger partial charge in [0, 0.05) is 0 Å². The van der Waals surface area contributed by atoms with E-state index in [1.54, 1.807) is 0 Å². The standard InChI is InChI=1S/C6H10OSi/c1-2-8-6-4-3-5-7-8/h1,3-6H2. The van der Waals surface area contributed by atoms with Crippen LogP contribution in [-0.4, -0.2) is 20.6 Å². The van der Waals surface area contributed by atoms with Gasteiger partial charge in [0.05, 0.1) is 6.61 Å². The van der Waals surface area contributed by atoms with Crippen molar-refractivity contribution in [1.82, 2.24) is 0 Å². The SMILES string of the molecule is C=C=[Si]1CCCCO1. The van der Waals surface area contributed by atoms with Gasteiger partial charge in [0.15, 0.2) is 0 Å².